The molecule has 1 aromatic carbocycles. The number of nitrogens with one attached hydrogen (secondary N) is 10. The number of carbonyl (C=O) groups excluding carboxylic acids is 21. The van der Waals surface area contributed by atoms with Gasteiger partial charge in [0.05, 0.1) is 0 Å². The molecule has 3 heterocycles. The lowest BCUT2D eigenvalue weighted by molar-refractivity contribution is -0.277. The SMILES string of the molecule is CC(=O)NC1C(OCCCCC(=O)NCCCCC(=O)NCCN(CCNC(=O)CCCCNC(=O)CCCCOC2OC(COC(C)=O)C(OC(C)=O)C(OC(C)=O)C2NC(C)=O)C(=O)CC[C@H](NC(=O)CCCCNC(=O)CCCCOC2OC(COC(C)=O)C(OC(C)=O)C(OC(C)=O)C2NC(C)=O)C(=O)NCCCCCCCCCCC(=O)OCc2ccccc2)OC(COC(C)=O)C(OC(C)=O)C1OC(C)=O. The largest absolute Gasteiger partial charge is 0.463 e. The fraction of sp³-hybridized carbons (Fsp3) is 0.727. The van der Waals surface area contributed by atoms with Gasteiger partial charge in [0.25, 0.3) is 0 Å². The Kier molecular flexibility index (Phi) is 63.2. The van der Waals surface area contributed by atoms with Gasteiger partial charge in [-0.25, -0.2) is 0 Å². The van der Waals surface area contributed by atoms with Crippen LogP contribution in [0.4, 0.5) is 0 Å². The van der Waals surface area contributed by atoms with E-state index in [0.717, 1.165) is 106 Å². The smallest absolute Gasteiger partial charge is 0.306 e. The lowest BCUT2D eigenvalue weighted by atomic mass is 9.96. The summed E-state index contributed by atoms with van der Waals surface area (Å²) in [7, 11) is 0. The Bertz CT molecular complexity index is 4200. The zero-order chi connectivity index (χ0) is 109. The molecule has 3 aliphatic heterocycles. The number of rotatable bonds is 72. The first-order chi connectivity index (χ1) is 70.1. The molecule has 4 rings (SSSR count). The Morgan fingerprint density at radius 3 is 0.912 bits per heavy atom. The number of hydrogen-bond acceptors (Lipinski definition) is 37. The number of unbranched alkanes of at least 4 members (excludes halogenated alkanes) is 13. The molecular formula is C99H155N11O37. The summed E-state index contributed by atoms with van der Waals surface area (Å²) in [5.74, 6) is -11.8. The van der Waals surface area contributed by atoms with Crippen LogP contribution in [0.1, 0.15) is 275 Å². The summed E-state index contributed by atoms with van der Waals surface area (Å²) in [6, 6.07) is 4.69. The molecule has 0 aliphatic carbocycles. The molecule has 3 saturated heterocycles. The van der Waals surface area contributed by atoms with Crippen molar-refractivity contribution < 1.29 is 176 Å². The third kappa shape index (κ3) is 56.5. The first-order valence-corrected chi connectivity index (χ1v) is 50.5. The quantitative estimate of drug-likeness (QED) is 0.0254. The second-order valence-electron chi connectivity index (χ2n) is 35.8. The second kappa shape index (κ2) is 73.0. The average molecular weight is 2090 g/mol. The molecule has 0 radical (unpaired) electrons. The summed E-state index contributed by atoms with van der Waals surface area (Å²) in [6.07, 6.45) is -4.59. The Morgan fingerprint density at radius 2 is 0.585 bits per heavy atom. The van der Waals surface area contributed by atoms with Crippen LogP contribution in [0.2, 0.25) is 0 Å². The van der Waals surface area contributed by atoms with Gasteiger partial charge >= 0.3 is 59.7 Å². The van der Waals surface area contributed by atoms with Gasteiger partial charge in [-0.15, -0.1) is 0 Å². The molecule has 48 nitrogen and oxygen atoms in total. The van der Waals surface area contributed by atoms with Gasteiger partial charge in [0, 0.05) is 207 Å². The third-order valence-corrected chi connectivity index (χ3v) is 22.8. The van der Waals surface area contributed by atoms with Crippen LogP contribution in [0.15, 0.2) is 30.3 Å². The molecule has 11 amide bonds. The van der Waals surface area contributed by atoms with E-state index in [1.807, 2.05) is 30.3 Å². The zero-order valence-corrected chi connectivity index (χ0v) is 86.8. The second-order valence-corrected chi connectivity index (χ2v) is 35.8. The number of esters is 10. The number of carbonyl (C=O) groups is 21. The highest BCUT2D eigenvalue weighted by Crippen LogP contribution is 2.33. The molecule has 0 saturated carbocycles. The van der Waals surface area contributed by atoms with Gasteiger partial charge in [-0.05, 0) is 102 Å². The first kappa shape index (κ1) is 127. The maximum atomic E-state index is 14.5. The van der Waals surface area contributed by atoms with E-state index in [2.05, 4.69) is 53.2 Å². The predicted molar refractivity (Wildman–Crippen MR) is 517 cm³/mol. The van der Waals surface area contributed by atoms with Gasteiger partial charge in [0.1, 0.15) is 68.9 Å². The number of hydrogen-bond donors (Lipinski definition) is 10. The van der Waals surface area contributed by atoms with Crippen LogP contribution in [0, 0.1) is 0 Å². The predicted octanol–water partition coefficient (Wildman–Crippen LogP) is 3.07. The highest BCUT2D eigenvalue weighted by Gasteiger charge is 2.55. The van der Waals surface area contributed by atoms with Crippen molar-refractivity contribution in [1.29, 1.82) is 0 Å². The van der Waals surface area contributed by atoms with E-state index in [1.54, 1.807) is 0 Å². The van der Waals surface area contributed by atoms with Crippen molar-refractivity contribution in [3.63, 3.8) is 0 Å². The van der Waals surface area contributed by atoms with Gasteiger partial charge in [0.15, 0.2) is 55.5 Å². The fourth-order valence-electron chi connectivity index (χ4n) is 16.0. The van der Waals surface area contributed by atoms with Crippen LogP contribution in [0.3, 0.4) is 0 Å². The maximum Gasteiger partial charge on any atom is 0.306 e. The van der Waals surface area contributed by atoms with E-state index in [0.29, 0.717) is 89.9 Å². The number of benzene rings is 1. The van der Waals surface area contributed by atoms with Crippen LogP contribution in [0.5, 0.6) is 0 Å². The highest BCUT2D eigenvalue weighted by molar-refractivity contribution is 5.89. The fourth-order valence-corrected chi connectivity index (χ4v) is 16.0. The minimum atomic E-state index is -1.33. The molecule has 3 fully saturated rings. The van der Waals surface area contributed by atoms with Crippen LogP contribution < -0.4 is 53.2 Å². The van der Waals surface area contributed by atoms with Crippen molar-refractivity contribution >= 4 is 125 Å². The summed E-state index contributed by atoms with van der Waals surface area (Å²) in [4.78, 5) is 268. The Hall–Kier alpha value is -12.2. The molecular weight excluding hydrogens is 1940 g/mol. The summed E-state index contributed by atoms with van der Waals surface area (Å²) in [6.45, 7) is 13.4. The first-order valence-electron chi connectivity index (χ1n) is 50.5. The number of nitrogens with zero attached hydrogens (tertiary/aromatic N) is 1. The standard InChI is InChI=1S/C99H155N11O37/c1-62(111)106-87-93(142-71(10)120)90(139-68(7)117)76(59-135-65(4)114)145-97(87)132-55-33-26-40-79(123)100-47-30-23-38-82(126)103-51-53-110(54-52-104-83(127)39-24-31-48-101-80(124)41-27-34-56-133-98-88(107-63(2)112)94(143-72(11)121)91(140-69(8)118)77(146-98)60-136-66(5)115)85(129)46-45-75(96(131)105-50-29-18-16-14-13-15-17-22-44-86(130)138-58-74-36-20-19-21-37-74)109-84(128)43-25-32-49-102-81(125)42-28-35-57-134-99-89(108-64(3)113)95(144-73(12)122)92(141-70(9)119)78(147-99)61-137-67(6)116/h19-21,36-37,75-78,87-95,97-99H,13-18,22-35,38-61H2,1-12H3,(H,100,123)(H,101,124)(H,102,125)(H,103,126)(H,104,127)(H,105,131)(H,106,111)(H,107,112)(H,108,113)(H,109,128)/t75-,76?,77?,78?,87?,88?,89?,90?,91?,92?,93?,94?,95?,97?,98?,99?/m0/s1. The highest BCUT2D eigenvalue weighted by atomic mass is 16.7. The van der Waals surface area contributed by atoms with Crippen LogP contribution >= 0.6 is 0 Å². The molecule has 0 spiro atoms. The summed E-state index contributed by atoms with van der Waals surface area (Å²) >= 11 is 0. The van der Waals surface area contributed by atoms with Crippen molar-refractivity contribution in [2.75, 3.05) is 92.0 Å². The minimum absolute atomic E-state index is 0.0160. The molecule has 828 valence electrons. The van der Waals surface area contributed by atoms with Crippen molar-refractivity contribution in [3.05, 3.63) is 35.9 Å². The molecule has 16 atom stereocenters. The molecule has 15 unspecified atom stereocenters. The zero-order valence-electron chi connectivity index (χ0n) is 86.8. The maximum absolute atomic E-state index is 14.5. The average Bonchev–Trinajstić information content (AvgIpc) is 0.793. The van der Waals surface area contributed by atoms with Crippen LogP contribution in [-0.4, -0.2) is 320 Å². The summed E-state index contributed by atoms with van der Waals surface area (Å²) in [5.41, 5.74) is 0.912. The van der Waals surface area contributed by atoms with E-state index in [1.165, 1.54) is 25.7 Å². The molecule has 10 N–H and O–H groups in total. The van der Waals surface area contributed by atoms with Gasteiger partial charge in [-0.2, -0.15) is 0 Å². The van der Waals surface area contributed by atoms with Crippen molar-refractivity contribution in [1.82, 2.24) is 58.1 Å². The lowest BCUT2D eigenvalue weighted by Gasteiger charge is -2.44. The van der Waals surface area contributed by atoms with Crippen LogP contribution in [-0.2, 0) is 183 Å². The van der Waals surface area contributed by atoms with E-state index in [9.17, 15) is 101 Å². The Balaban J connectivity index is 1.39. The topological polar surface area (TPSA) is 630 Å². The Morgan fingerprint density at radius 1 is 0.299 bits per heavy atom. The van der Waals surface area contributed by atoms with E-state index in [4.69, 9.17) is 75.8 Å². The van der Waals surface area contributed by atoms with E-state index < -0.39 is 207 Å². The molecule has 0 aromatic heterocycles. The van der Waals surface area contributed by atoms with Crippen molar-refractivity contribution in [2.45, 2.75) is 374 Å². The number of ether oxygens (including phenoxy) is 16. The van der Waals surface area contributed by atoms with Crippen LogP contribution in [0.25, 0.3) is 0 Å². The molecule has 48 heteroatoms. The monoisotopic (exact) mass is 2090 g/mol. The van der Waals surface area contributed by atoms with Crippen molar-refractivity contribution in [3.8, 4) is 0 Å². The third-order valence-electron chi connectivity index (χ3n) is 22.8. The number of amides is 11. The molecule has 147 heavy (non-hydrogen) atoms. The van der Waals surface area contributed by atoms with Gasteiger partial charge in [-0.1, -0.05) is 68.9 Å². The van der Waals surface area contributed by atoms with Gasteiger partial charge in [0.2, 0.25) is 65.0 Å². The molecule has 1 aromatic rings. The summed E-state index contributed by atoms with van der Waals surface area (Å²) in [5, 5.41) is 27.7. The van der Waals surface area contributed by atoms with E-state index >= 15 is 0 Å². The summed E-state index contributed by atoms with van der Waals surface area (Å²) < 4.78 is 89.8. The minimum Gasteiger partial charge on any atom is -0.463 e. The van der Waals surface area contributed by atoms with Gasteiger partial charge in [-0.3, -0.25) is 101 Å². The van der Waals surface area contributed by atoms with Crippen molar-refractivity contribution in [2.24, 2.45) is 0 Å². The normalized spacial score (nSPS) is 20.4. The van der Waals surface area contributed by atoms with E-state index in [-0.39, 0.29) is 172 Å². The molecule has 3 aliphatic rings. The lowest BCUT2D eigenvalue weighted by Crippen LogP contribution is -2.66. The Labute approximate surface area is 857 Å². The molecule has 0 bridgehead atoms. The van der Waals surface area contributed by atoms with Gasteiger partial charge < -0.3 is 134 Å².